The Hall–Kier alpha value is -3.85. The molecular weight excluding hydrogens is 431 g/mol. The van der Waals surface area contributed by atoms with E-state index in [2.05, 4.69) is 15.3 Å². The largest absolute Gasteiger partial charge is 0.322 e. The van der Waals surface area contributed by atoms with Crippen molar-refractivity contribution in [2.45, 2.75) is 0 Å². The average molecular weight is 448 g/mol. The highest BCUT2D eigenvalue weighted by Crippen LogP contribution is 2.27. The fourth-order valence-corrected chi connectivity index (χ4v) is 4.61. The van der Waals surface area contributed by atoms with Crippen LogP contribution in [0.15, 0.2) is 72.9 Å². The van der Waals surface area contributed by atoms with Gasteiger partial charge >= 0.3 is 0 Å². The third kappa shape index (κ3) is 3.67. The molecule has 1 aliphatic heterocycles. The van der Waals surface area contributed by atoms with Crippen molar-refractivity contribution >= 4 is 38.2 Å². The van der Waals surface area contributed by atoms with E-state index in [1.54, 1.807) is 24.4 Å². The van der Waals surface area contributed by atoms with Gasteiger partial charge in [-0.25, -0.2) is 22.8 Å². The van der Waals surface area contributed by atoms with Crippen molar-refractivity contribution in [3.8, 4) is 11.4 Å². The van der Waals surface area contributed by atoms with Crippen molar-refractivity contribution in [2.24, 2.45) is 0 Å². The van der Waals surface area contributed by atoms with Crippen LogP contribution in [0.25, 0.3) is 22.3 Å². The molecule has 32 heavy (non-hydrogen) atoms. The maximum absolute atomic E-state index is 14.6. The summed E-state index contributed by atoms with van der Waals surface area (Å²) in [6.45, 7) is 0.303. The second kappa shape index (κ2) is 7.69. The summed E-state index contributed by atoms with van der Waals surface area (Å²) in [6.07, 6.45) is 1.73. The quantitative estimate of drug-likeness (QED) is 0.512. The van der Waals surface area contributed by atoms with E-state index in [-0.39, 0.29) is 17.0 Å². The molecule has 0 aliphatic carbocycles. The van der Waals surface area contributed by atoms with Crippen LogP contribution in [0.2, 0.25) is 0 Å². The van der Waals surface area contributed by atoms with Crippen molar-refractivity contribution in [3.63, 3.8) is 0 Å². The second-order valence-electron chi connectivity index (χ2n) is 7.34. The number of fused-ring (bicyclic) bond motifs is 1. The molecule has 1 fully saturated rings. The molecule has 1 saturated heterocycles. The van der Waals surface area contributed by atoms with Gasteiger partial charge in [0.25, 0.3) is 5.91 Å². The zero-order chi connectivity index (χ0) is 22.3. The Labute approximate surface area is 183 Å². The molecule has 0 spiro atoms. The number of nitrogens with zero attached hydrogens (tertiary/aromatic N) is 3. The number of hydrogen-bond donors (Lipinski definition) is 1. The lowest BCUT2D eigenvalue weighted by atomic mass is 10.1. The van der Waals surface area contributed by atoms with Gasteiger partial charge in [0, 0.05) is 29.4 Å². The first kappa shape index (κ1) is 20.1. The van der Waals surface area contributed by atoms with E-state index in [1.807, 2.05) is 30.3 Å². The van der Waals surface area contributed by atoms with E-state index in [9.17, 15) is 17.6 Å². The summed E-state index contributed by atoms with van der Waals surface area (Å²) in [5, 5.41) is 3.59. The Kier molecular flexibility index (Phi) is 4.82. The third-order valence-corrected chi connectivity index (χ3v) is 7.00. The first-order valence-electron chi connectivity index (χ1n) is 9.84. The van der Waals surface area contributed by atoms with Crippen molar-refractivity contribution < 1.29 is 17.6 Å². The number of benzene rings is 3. The Bertz CT molecular complexity index is 1470. The smallest absolute Gasteiger partial charge is 0.258 e. The van der Waals surface area contributed by atoms with Gasteiger partial charge in [0.15, 0.2) is 5.82 Å². The van der Waals surface area contributed by atoms with E-state index in [0.29, 0.717) is 23.6 Å². The van der Waals surface area contributed by atoms with Gasteiger partial charge in [-0.15, -0.1) is 0 Å². The minimum absolute atomic E-state index is 0.0358. The molecule has 9 heteroatoms. The SMILES string of the molecule is O=C(Nc1cccc(-c2ncc3ccccc3n2)c1)c1ccc(N2CCS2(=O)=O)cc1F. The van der Waals surface area contributed by atoms with Gasteiger partial charge in [-0.1, -0.05) is 30.3 Å². The molecule has 2 heterocycles. The summed E-state index contributed by atoms with van der Waals surface area (Å²) in [7, 11) is -3.36. The second-order valence-corrected chi connectivity index (χ2v) is 9.35. The molecular formula is C23H17FN4O3S. The normalized spacial score (nSPS) is 14.7. The summed E-state index contributed by atoms with van der Waals surface area (Å²) in [5.74, 6) is -0.895. The maximum Gasteiger partial charge on any atom is 0.258 e. The Morgan fingerprint density at radius 2 is 1.88 bits per heavy atom. The molecule has 0 saturated carbocycles. The monoisotopic (exact) mass is 448 g/mol. The lowest BCUT2D eigenvalue weighted by Crippen LogP contribution is -2.47. The predicted molar refractivity (Wildman–Crippen MR) is 120 cm³/mol. The lowest BCUT2D eigenvalue weighted by Gasteiger charge is -2.32. The van der Waals surface area contributed by atoms with Gasteiger partial charge in [-0.05, 0) is 36.4 Å². The van der Waals surface area contributed by atoms with Crippen LogP contribution in [0.3, 0.4) is 0 Å². The molecule has 0 unspecified atom stereocenters. The van der Waals surface area contributed by atoms with Crippen molar-refractivity contribution in [2.75, 3.05) is 21.9 Å². The van der Waals surface area contributed by atoms with E-state index < -0.39 is 21.7 Å². The number of rotatable bonds is 4. The summed E-state index contributed by atoms with van der Waals surface area (Å²) >= 11 is 0. The molecule has 0 bridgehead atoms. The molecule has 7 nitrogen and oxygen atoms in total. The number of anilines is 2. The van der Waals surface area contributed by atoms with Gasteiger partial charge in [0.1, 0.15) is 5.82 Å². The lowest BCUT2D eigenvalue weighted by molar-refractivity contribution is 0.102. The number of sulfonamides is 1. The summed E-state index contributed by atoms with van der Waals surface area (Å²) in [6, 6.07) is 18.4. The first-order valence-corrected chi connectivity index (χ1v) is 11.5. The summed E-state index contributed by atoms with van der Waals surface area (Å²) in [5.41, 5.74) is 1.99. The molecule has 1 aliphatic rings. The Morgan fingerprint density at radius 1 is 1.03 bits per heavy atom. The Balaban J connectivity index is 1.38. The molecule has 0 atom stereocenters. The topological polar surface area (TPSA) is 92.3 Å². The molecule has 5 rings (SSSR count). The zero-order valence-electron chi connectivity index (χ0n) is 16.7. The minimum atomic E-state index is -3.36. The number of hydrogen-bond acceptors (Lipinski definition) is 5. The van der Waals surface area contributed by atoms with Gasteiger partial charge in [-0.2, -0.15) is 0 Å². The highest BCUT2D eigenvalue weighted by molar-refractivity contribution is 7.94. The summed E-state index contributed by atoms with van der Waals surface area (Å²) < 4.78 is 39.1. The molecule has 0 radical (unpaired) electrons. The third-order valence-electron chi connectivity index (χ3n) is 5.24. The number of nitrogens with one attached hydrogen (secondary N) is 1. The molecule has 1 N–H and O–H groups in total. The fourth-order valence-electron chi connectivity index (χ4n) is 3.51. The van der Waals surface area contributed by atoms with Crippen LogP contribution in [-0.4, -0.2) is 36.6 Å². The standard InChI is InChI=1S/C23H17FN4O3S/c24-20-13-18(28-10-11-32(28,30)31)8-9-19(20)23(29)26-17-6-3-5-15(12-17)22-25-14-16-4-1-2-7-21(16)27-22/h1-9,12-14H,10-11H2,(H,26,29). The van der Waals surface area contributed by atoms with Gasteiger partial charge in [-0.3, -0.25) is 9.10 Å². The number of aromatic nitrogens is 2. The number of para-hydroxylation sites is 1. The average Bonchev–Trinajstić information content (AvgIpc) is 2.78. The predicted octanol–water partition coefficient (Wildman–Crippen LogP) is 3.84. The van der Waals surface area contributed by atoms with Crippen LogP contribution in [0, 0.1) is 5.82 Å². The maximum atomic E-state index is 14.6. The number of halogens is 1. The zero-order valence-corrected chi connectivity index (χ0v) is 17.5. The van der Waals surface area contributed by atoms with E-state index in [1.165, 1.54) is 12.1 Å². The summed E-state index contributed by atoms with van der Waals surface area (Å²) in [4.78, 5) is 21.6. The van der Waals surface area contributed by atoms with Crippen molar-refractivity contribution in [3.05, 3.63) is 84.3 Å². The van der Waals surface area contributed by atoms with Gasteiger partial charge in [0.05, 0.1) is 22.5 Å². The van der Waals surface area contributed by atoms with Crippen LogP contribution in [0.4, 0.5) is 15.8 Å². The fraction of sp³-hybridized carbons (Fsp3) is 0.0870. The van der Waals surface area contributed by atoms with Gasteiger partial charge < -0.3 is 5.32 Å². The van der Waals surface area contributed by atoms with E-state index >= 15 is 0 Å². The van der Waals surface area contributed by atoms with E-state index in [4.69, 9.17) is 0 Å². The molecule has 1 aromatic heterocycles. The van der Waals surface area contributed by atoms with Crippen LogP contribution >= 0.6 is 0 Å². The number of carbonyl (C=O) groups is 1. The number of carbonyl (C=O) groups excluding carboxylic acids is 1. The van der Waals surface area contributed by atoms with Crippen LogP contribution in [-0.2, 0) is 10.0 Å². The van der Waals surface area contributed by atoms with Crippen molar-refractivity contribution in [1.29, 1.82) is 0 Å². The minimum Gasteiger partial charge on any atom is -0.322 e. The Morgan fingerprint density at radius 3 is 2.62 bits per heavy atom. The van der Waals surface area contributed by atoms with Gasteiger partial charge in [0.2, 0.25) is 10.0 Å². The van der Waals surface area contributed by atoms with E-state index in [0.717, 1.165) is 21.3 Å². The van der Waals surface area contributed by atoms with Crippen LogP contribution < -0.4 is 9.62 Å². The van der Waals surface area contributed by atoms with Crippen molar-refractivity contribution in [1.82, 2.24) is 9.97 Å². The highest BCUT2D eigenvalue weighted by atomic mass is 32.2. The highest BCUT2D eigenvalue weighted by Gasteiger charge is 2.33. The first-order chi connectivity index (χ1) is 15.4. The molecule has 4 aromatic rings. The number of amides is 1. The van der Waals surface area contributed by atoms with Crippen LogP contribution in [0.5, 0.6) is 0 Å². The molecule has 1 amide bonds. The molecule has 160 valence electrons. The molecule has 3 aromatic carbocycles. The van der Waals surface area contributed by atoms with Crippen LogP contribution in [0.1, 0.15) is 10.4 Å².